The van der Waals surface area contributed by atoms with E-state index in [2.05, 4.69) is 5.32 Å². The lowest BCUT2D eigenvalue weighted by molar-refractivity contribution is -0.147. The molecule has 0 radical (unpaired) electrons. The van der Waals surface area contributed by atoms with E-state index in [1.54, 1.807) is 17.0 Å². The van der Waals surface area contributed by atoms with Gasteiger partial charge in [0.15, 0.2) is 0 Å². The highest BCUT2D eigenvalue weighted by Gasteiger charge is 2.32. The minimum absolute atomic E-state index is 0.0509. The van der Waals surface area contributed by atoms with Crippen LogP contribution in [0.4, 0.5) is 5.69 Å². The summed E-state index contributed by atoms with van der Waals surface area (Å²) in [6.45, 7) is 3.93. The number of nitrogens with one attached hydrogen (secondary N) is 1. The molecule has 1 aromatic carbocycles. The third-order valence-electron chi connectivity index (χ3n) is 3.73. The van der Waals surface area contributed by atoms with Gasteiger partial charge in [0.2, 0.25) is 0 Å². The van der Waals surface area contributed by atoms with Crippen molar-refractivity contribution in [2.45, 2.75) is 45.2 Å². The Morgan fingerprint density at radius 3 is 2.50 bits per heavy atom. The highest BCUT2D eigenvalue weighted by Crippen LogP contribution is 2.23. The largest absolute Gasteiger partial charge is 0.508 e. The highest BCUT2D eigenvalue weighted by molar-refractivity contribution is 6.39. The fourth-order valence-electron chi connectivity index (χ4n) is 2.71. The van der Waals surface area contributed by atoms with Crippen LogP contribution in [0.25, 0.3) is 0 Å². The van der Waals surface area contributed by atoms with Crippen molar-refractivity contribution in [3.8, 4) is 5.75 Å². The number of hydrogen-bond acceptors (Lipinski definition) is 3. The molecule has 108 valence electrons. The van der Waals surface area contributed by atoms with E-state index in [1.807, 2.05) is 13.8 Å². The van der Waals surface area contributed by atoms with Gasteiger partial charge in [-0.1, -0.05) is 6.07 Å². The van der Waals surface area contributed by atoms with Gasteiger partial charge in [-0.05, 0) is 45.2 Å². The predicted molar refractivity (Wildman–Crippen MR) is 76.4 cm³/mol. The van der Waals surface area contributed by atoms with Gasteiger partial charge < -0.3 is 15.3 Å². The Hall–Kier alpha value is -2.04. The number of piperidine rings is 1. The molecule has 0 aliphatic carbocycles. The van der Waals surface area contributed by atoms with Crippen LogP contribution in [0.1, 0.15) is 33.1 Å². The van der Waals surface area contributed by atoms with Crippen molar-refractivity contribution in [1.82, 2.24) is 4.90 Å². The maximum Gasteiger partial charge on any atom is 0.313 e. The molecule has 1 saturated heterocycles. The van der Waals surface area contributed by atoms with Crippen molar-refractivity contribution in [1.29, 1.82) is 0 Å². The number of phenolic OH excluding ortho intramolecular Hbond substituents is 1. The zero-order valence-corrected chi connectivity index (χ0v) is 11.8. The van der Waals surface area contributed by atoms with Gasteiger partial charge in [-0.15, -0.1) is 0 Å². The van der Waals surface area contributed by atoms with Gasteiger partial charge in [0.05, 0.1) is 0 Å². The van der Waals surface area contributed by atoms with E-state index < -0.39 is 11.8 Å². The number of nitrogens with zero attached hydrogens (tertiary/aromatic N) is 1. The Morgan fingerprint density at radius 2 is 1.90 bits per heavy atom. The Labute approximate surface area is 118 Å². The van der Waals surface area contributed by atoms with Crippen molar-refractivity contribution in [2.75, 3.05) is 5.32 Å². The molecule has 5 heteroatoms. The molecule has 2 N–H and O–H groups in total. The molecule has 0 spiro atoms. The molecule has 2 unspecified atom stereocenters. The summed E-state index contributed by atoms with van der Waals surface area (Å²) < 4.78 is 0. The minimum atomic E-state index is -0.656. The van der Waals surface area contributed by atoms with E-state index in [0.29, 0.717) is 5.69 Å². The van der Waals surface area contributed by atoms with Crippen LogP contribution in [0.2, 0.25) is 0 Å². The quantitative estimate of drug-likeness (QED) is 0.772. The van der Waals surface area contributed by atoms with Crippen LogP contribution < -0.4 is 5.32 Å². The zero-order chi connectivity index (χ0) is 14.7. The second kappa shape index (κ2) is 5.94. The third kappa shape index (κ3) is 3.10. The number of hydrogen-bond donors (Lipinski definition) is 2. The van der Waals surface area contributed by atoms with Crippen molar-refractivity contribution in [2.24, 2.45) is 0 Å². The molecular formula is C15H20N2O3. The van der Waals surface area contributed by atoms with E-state index in [1.165, 1.54) is 12.1 Å². The number of aromatic hydroxyl groups is 1. The second-order valence-electron chi connectivity index (χ2n) is 5.35. The molecule has 2 amide bonds. The van der Waals surface area contributed by atoms with Gasteiger partial charge in [0.1, 0.15) is 5.75 Å². The Kier molecular flexibility index (Phi) is 4.27. The van der Waals surface area contributed by atoms with E-state index in [9.17, 15) is 14.7 Å². The van der Waals surface area contributed by atoms with Crippen LogP contribution in [0.15, 0.2) is 24.3 Å². The second-order valence-corrected chi connectivity index (χ2v) is 5.35. The first-order valence-electron chi connectivity index (χ1n) is 6.91. The summed E-state index contributed by atoms with van der Waals surface area (Å²) >= 11 is 0. The van der Waals surface area contributed by atoms with Crippen LogP contribution in [-0.4, -0.2) is 33.9 Å². The lowest BCUT2D eigenvalue weighted by Crippen LogP contribution is -2.51. The number of carbonyl (C=O) groups is 2. The molecule has 0 aromatic heterocycles. The Morgan fingerprint density at radius 1 is 1.25 bits per heavy atom. The van der Waals surface area contributed by atoms with E-state index in [4.69, 9.17) is 0 Å². The molecule has 0 bridgehead atoms. The van der Waals surface area contributed by atoms with Crippen LogP contribution in [-0.2, 0) is 9.59 Å². The summed E-state index contributed by atoms with van der Waals surface area (Å²) in [5.41, 5.74) is 0.417. The summed E-state index contributed by atoms with van der Waals surface area (Å²) in [6, 6.07) is 6.33. The molecule has 1 aliphatic heterocycles. The van der Waals surface area contributed by atoms with E-state index in [0.717, 1.165) is 19.3 Å². The fourth-order valence-corrected chi connectivity index (χ4v) is 2.71. The third-order valence-corrected chi connectivity index (χ3v) is 3.73. The van der Waals surface area contributed by atoms with Crippen LogP contribution >= 0.6 is 0 Å². The number of rotatable bonds is 1. The number of phenols is 1. The first-order chi connectivity index (χ1) is 9.49. The summed E-state index contributed by atoms with van der Waals surface area (Å²) in [7, 11) is 0. The van der Waals surface area contributed by atoms with E-state index >= 15 is 0 Å². The minimum Gasteiger partial charge on any atom is -0.508 e. The number of carbonyl (C=O) groups excluding carboxylic acids is 2. The van der Waals surface area contributed by atoms with E-state index in [-0.39, 0.29) is 17.8 Å². The summed E-state index contributed by atoms with van der Waals surface area (Å²) in [6.07, 6.45) is 2.94. The average molecular weight is 276 g/mol. The molecule has 1 fully saturated rings. The molecule has 5 nitrogen and oxygen atoms in total. The van der Waals surface area contributed by atoms with Crippen molar-refractivity contribution < 1.29 is 14.7 Å². The molecule has 1 aromatic rings. The van der Waals surface area contributed by atoms with Crippen LogP contribution in [0.3, 0.4) is 0 Å². The van der Waals surface area contributed by atoms with Gasteiger partial charge in [0.25, 0.3) is 0 Å². The number of anilines is 1. The average Bonchev–Trinajstić information content (AvgIpc) is 2.38. The van der Waals surface area contributed by atoms with Gasteiger partial charge >= 0.3 is 11.8 Å². The normalized spacial score (nSPS) is 22.4. The van der Waals surface area contributed by atoms with Crippen molar-refractivity contribution >= 4 is 17.5 Å². The monoisotopic (exact) mass is 276 g/mol. The lowest BCUT2D eigenvalue weighted by Gasteiger charge is -2.38. The van der Waals surface area contributed by atoms with Crippen LogP contribution in [0.5, 0.6) is 5.75 Å². The zero-order valence-electron chi connectivity index (χ0n) is 11.8. The molecule has 1 heterocycles. The molecular weight excluding hydrogens is 256 g/mol. The van der Waals surface area contributed by atoms with Crippen molar-refractivity contribution in [3.63, 3.8) is 0 Å². The summed E-state index contributed by atoms with van der Waals surface area (Å²) in [5, 5.41) is 11.9. The standard InChI is InChI=1S/C15H20N2O3/c1-10-5-3-6-11(2)17(10)15(20)14(19)16-12-7-4-8-13(18)9-12/h4,7-11,18H,3,5-6H2,1-2H3,(H,16,19). The first kappa shape index (κ1) is 14.4. The maximum atomic E-state index is 12.3. The van der Waals surface area contributed by atoms with Gasteiger partial charge in [0, 0.05) is 23.8 Å². The lowest BCUT2D eigenvalue weighted by atomic mass is 9.97. The summed E-state index contributed by atoms with van der Waals surface area (Å²) in [5.74, 6) is -1.11. The summed E-state index contributed by atoms with van der Waals surface area (Å²) in [4.78, 5) is 25.9. The molecule has 2 rings (SSSR count). The van der Waals surface area contributed by atoms with Crippen LogP contribution in [0, 0.1) is 0 Å². The number of amides is 2. The number of benzene rings is 1. The number of likely N-dealkylation sites (tertiary alicyclic amines) is 1. The highest BCUT2D eigenvalue weighted by atomic mass is 16.3. The fraction of sp³-hybridized carbons (Fsp3) is 0.467. The van der Waals surface area contributed by atoms with Gasteiger partial charge in [-0.3, -0.25) is 9.59 Å². The molecule has 20 heavy (non-hydrogen) atoms. The first-order valence-corrected chi connectivity index (χ1v) is 6.91. The van der Waals surface area contributed by atoms with Gasteiger partial charge in [-0.25, -0.2) is 0 Å². The smallest absolute Gasteiger partial charge is 0.313 e. The predicted octanol–water partition coefficient (Wildman–Crippen LogP) is 2.12. The Balaban J connectivity index is 2.06. The maximum absolute atomic E-state index is 12.3. The SMILES string of the molecule is CC1CCCC(C)N1C(=O)C(=O)Nc1cccc(O)c1. The molecule has 0 saturated carbocycles. The molecule has 1 aliphatic rings. The van der Waals surface area contributed by atoms with Gasteiger partial charge in [-0.2, -0.15) is 0 Å². The topological polar surface area (TPSA) is 69.6 Å². The molecule has 2 atom stereocenters. The Bertz CT molecular complexity index is 506. The van der Waals surface area contributed by atoms with Crippen molar-refractivity contribution in [3.05, 3.63) is 24.3 Å².